The molecule has 0 aliphatic carbocycles. The SMILES string of the molecule is CN(C(=O)O)C1CN(c2ncnc3c2c(Br)cn3COCC[Si](C)(C)C)CCO1. The summed E-state index contributed by atoms with van der Waals surface area (Å²) in [5.74, 6) is 0.759. The van der Waals surface area contributed by atoms with Crippen LogP contribution in [0.15, 0.2) is 17.0 Å². The molecule has 1 atom stereocenters. The van der Waals surface area contributed by atoms with Gasteiger partial charge in [-0.15, -0.1) is 0 Å². The van der Waals surface area contributed by atoms with E-state index in [0.29, 0.717) is 26.4 Å². The average Bonchev–Trinajstić information content (AvgIpc) is 3.00. The summed E-state index contributed by atoms with van der Waals surface area (Å²) in [6, 6.07) is 1.11. The van der Waals surface area contributed by atoms with Gasteiger partial charge >= 0.3 is 6.09 Å². The Kier molecular flexibility index (Phi) is 6.82. The van der Waals surface area contributed by atoms with E-state index in [4.69, 9.17) is 9.47 Å². The highest BCUT2D eigenvalue weighted by molar-refractivity contribution is 9.10. The Morgan fingerprint density at radius 2 is 2.21 bits per heavy atom. The molecule has 1 unspecified atom stereocenters. The smallest absolute Gasteiger partial charge is 0.409 e. The minimum atomic E-state index is -1.13. The molecule has 9 nitrogen and oxygen atoms in total. The summed E-state index contributed by atoms with van der Waals surface area (Å²) in [5.41, 5.74) is 0.782. The maximum atomic E-state index is 11.3. The first-order valence-corrected chi connectivity index (χ1v) is 14.1. The second-order valence-corrected chi connectivity index (χ2v) is 14.8. The number of hydrogen-bond acceptors (Lipinski definition) is 6. The molecule has 0 bridgehead atoms. The van der Waals surface area contributed by atoms with E-state index in [1.165, 1.54) is 18.3 Å². The number of fused-ring (bicyclic) bond motifs is 1. The number of morpholine rings is 1. The van der Waals surface area contributed by atoms with E-state index in [-0.39, 0.29) is 0 Å². The Hall–Kier alpha value is -1.69. The normalized spacial score (nSPS) is 17.7. The molecular weight excluding hydrogens is 458 g/mol. The Labute approximate surface area is 179 Å². The van der Waals surface area contributed by atoms with Crippen molar-refractivity contribution >= 4 is 46.9 Å². The van der Waals surface area contributed by atoms with Gasteiger partial charge in [0, 0.05) is 38.9 Å². The maximum absolute atomic E-state index is 11.3. The lowest BCUT2D eigenvalue weighted by Gasteiger charge is -2.37. The molecule has 3 heterocycles. The third-order valence-corrected chi connectivity index (χ3v) is 7.20. The van der Waals surface area contributed by atoms with Crippen LogP contribution in [0.1, 0.15) is 0 Å². The van der Waals surface area contributed by atoms with Crippen molar-refractivity contribution in [1.29, 1.82) is 0 Å². The van der Waals surface area contributed by atoms with Gasteiger partial charge in [0.05, 0.1) is 18.5 Å². The molecule has 0 radical (unpaired) electrons. The van der Waals surface area contributed by atoms with Gasteiger partial charge in [-0.2, -0.15) is 0 Å². The van der Waals surface area contributed by atoms with Crippen molar-refractivity contribution in [1.82, 2.24) is 19.4 Å². The molecule has 1 N–H and O–H groups in total. The van der Waals surface area contributed by atoms with Crippen LogP contribution in [-0.4, -0.2) is 78.3 Å². The fourth-order valence-electron chi connectivity index (χ4n) is 3.12. The highest BCUT2D eigenvalue weighted by Crippen LogP contribution is 2.33. The molecule has 2 aromatic heterocycles. The molecule has 29 heavy (non-hydrogen) atoms. The van der Waals surface area contributed by atoms with E-state index < -0.39 is 20.4 Å². The quantitative estimate of drug-likeness (QED) is 0.474. The average molecular weight is 486 g/mol. The lowest BCUT2D eigenvalue weighted by Crippen LogP contribution is -2.51. The van der Waals surface area contributed by atoms with Gasteiger partial charge in [0.1, 0.15) is 24.5 Å². The summed E-state index contributed by atoms with van der Waals surface area (Å²) in [6.07, 6.45) is 1.93. The van der Waals surface area contributed by atoms with Gasteiger partial charge in [-0.1, -0.05) is 19.6 Å². The fraction of sp³-hybridized carbons (Fsp3) is 0.611. The van der Waals surface area contributed by atoms with Crippen LogP contribution in [0.3, 0.4) is 0 Å². The van der Waals surface area contributed by atoms with E-state index in [2.05, 4.69) is 45.5 Å². The predicted molar refractivity (Wildman–Crippen MR) is 117 cm³/mol. The highest BCUT2D eigenvalue weighted by atomic mass is 79.9. The Morgan fingerprint density at radius 3 is 2.90 bits per heavy atom. The standard InChI is InChI=1S/C18H28BrN5O4Si/c1-22(18(25)26)14-10-23(5-6-28-14)16-15-13(19)9-24(17(15)21-11-20-16)12-27-7-8-29(2,3)4/h9,11,14H,5-8,10,12H2,1-4H3,(H,25,26). The number of aromatic nitrogens is 3. The fourth-order valence-corrected chi connectivity index (χ4v) is 4.48. The number of anilines is 1. The number of carbonyl (C=O) groups is 1. The van der Waals surface area contributed by atoms with Gasteiger partial charge in [0.25, 0.3) is 0 Å². The monoisotopic (exact) mass is 485 g/mol. The third kappa shape index (κ3) is 5.27. The predicted octanol–water partition coefficient (Wildman–Crippen LogP) is 3.28. The van der Waals surface area contributed by atoms with Crippen molar-refractivity contribution in [3.63, 3.8) is 0 Å². The molecule has 11 heteroatoms. The minimum absolute atomic E-state index is 0.402. The van der Waals surface area contributed by atoms with Crippen molar-refractivity contribution in [2.45, 2.75) is 38.6 Å². The maximum Gasteiger partial charge on any atom is 0.409 e. The van der Waals surface area contributed by atoms with Crippen molar-refractivity contribution in [2.24, 2.45) is 0 Å². The molecule has 160 valence electrons. The number of ether oxygens (including phenoxy) is 2. The lowest BCUT2D eigenvalue weighted by molar-refractivity contribution is -0.0447. The molecule has 1 fully saturated rings. The van der Waals surface area contributed by atoms with E-state index >= 15 is 0 Å². The summed E-state index contributed by atoms with van der Waals surface area (Å²) in [4.78, 5) is 23.4. The summed E-state index contributed by atoms with van der Waals surface area (Å²) in [5, 5.41) is 10.1. The molecule has 0 aromatic carbocycles. The first-order valence-electron chi connectivity index (χ1n) is 9.57. The number of amides is 1. The highest BCUT2D eigenvalue weighted by Gasteiger charge is 2.29. The molecule has 0 spiro atoms. The number of hydrogen-bond donors (Lipinski definition) is 1. The number of rotatable bonds is 7. The summed E-state index contributed by atoms with van der Waals surface area (Å²) < 4.78 is 14.4. The Bertz CT molecular complexity index is 872. The van der Waals surface area contributed by atoms with Crippen LogP contribution in [-0.2, 0) is 16.2 Å². The lowest BCUT2D eigenvalue weighted by atomic mass is 10.3. The van der Waals surface area contributed by atoms with Crippen LogP contribution in [0.5, 0.6) is 0 Å². The summed E-state index contributed by atoms with van der Waals surface area (Å²) in [7, 11) is 0.377. The molecule has 0 saturated carbocycles. The van der Waals surface area contributed by atoms with Crippen LogP contribution in [0.4, 0.5) is 10.6 Å². The summed E-state index contributed by atoms with van der Waals surface area (Å²) in [6.45, 7) is 9.60. The molecule has 1 amide bonds. The molecular formula is C18H28BrN5O4Si. The van der Waals surface area contributed by atoms with Crippen molar-refractivity contribution in [3.05, 3.63) is 17.0 Å². The van der Waals surface area contributed by atoms with Gasteiger partial charge in [-0.25, -0.2) is 14.8 Å². The van der Waals surface area contributed by atoms with Crippen molar-refractivity contribution in [2.75, 3.05) is 38.3 Å². The van der Waals surface area contributed by atoms with Crippen molar-refractivity contribution in [3.8, 4) is 0 Å². The van der Waals surface area contributed by atoms with Crippen LogP contribution < -0.4 is 4.90 Å². The molecule has 1 aliphatic rings. The largest absolute Gasteiger partial charge is 0.465 e. The number of likely N-dealkylation sites (N-methyl/N-ethyl adjacent to an activating group) is 1. The molecule has 3 rings (SSSR count). The van der Waals surface area contributed by atoms with E-state index in [1.54, 1.807) is 0 Å². The van der Waals surface area contributed by atoms with Gasteiger partial charge in [0.15, 0.2) is 6.23 Å². The van der Waals surface area contributed by atoms with Crippen molar-refractivity contribution < 1.29 is 19.4 Å². The minimum Gasteiger partial charge on any atom is -0.465 e. The van der Waals surface area contributed by atoms with E-state index in [1.807, 2.05) is 15.7 Å². The third-order valence-electron chi connectivity index (χ3n) is 4.90. The van der Waals surface area contributed by atoms with Crippen LogP contribution in [0.25, 0.3) is 11.0 Å². The number of halogens is 1. The topological polar surface area (TPSA) is 93.0 Å². The van der Waals surface area contributed by atoms with Gasteiger partial charge in [-0.3, -0.25) is 4.90 Å². The van der Waals surface area contributed by atoms with Crippen LogP contribution >= 0.6 is 15.9 Å². The molecule has 2 aromatic rings. The second kappa shape index (κ2) is 8.98. The first kappa shape index (κ1) is 22.0. The number of nitrogens with zero attached hydrogens (tertiary/aromatic N) is 5. The van der Waals surface area contributed by atoms with Crippen LogP contribution in [0.2, 0.25) is 25.7 Å². The Morgan fingerprint density at radius 1 is 1.45 bits per heavy atom. The first-order chi connectivity index (χ1) is 13.7. The zero-order chi connectivity index (χ0) is 21.2. The van der Waals surface area contributed by atoms with E-state index in [0.717, 1.165) is 34.0 Å². The molecule has 1 saturated heterocycles. The van der Waals surface area contributed by atoms with Gasteiger partial charge in [0.2, 0.25) is 0 Å². The van der Waals surface area contributed by atoms with Gasteiger partial charge < -0.3 is 24.0 Å². The Balaban J connectivity index is 1.79. The van der Waals surface area contributed by atoms with E-state index in [9.17, 15) is 9.90 Å². The summed E-state index contributed by atoms with van der Waals surface area (Å²) >= 11 is 3.63. The van der Waals surface area contributed by atoms with Crippen LogP contribution in [0, 0.1) is 0 Å². The number of carboxylic acid groups (broad SMARTS) is 1. The second-order valence-electron chi connectivity index (χ2n) is 8.36. The van der Waals surface area contributed by atoms with Gasteiger partial charge in [-0.05, 0) is 22.0 Å². The zero-order valence-electron chi connectivity index (χ0n) is 17.3. The zero-order valence-corrected chi connectivity index (χ0v) is 19.8. The molecule has 1 aliphatic heterocycles.